The third-order valence-corrected chi connectivity index (χ3v) is 2.73. The van der Waals surface area contributed by atoms with Gasteiger partial charge >= 0.3 is 5.97 Å². The molecule has 1 aromatic rings. The van der Waals surface area contributed by atoms with Crippen LogP contribution in [0, 0.1) is 0 Å². The molecule has 0 aromatic heterocycles. The molecule has 0 aliphatic rings. The Morgan fingerprint density at radius 3 is 2.26 bits per heavy atom. The van der Waals surface area contributed by atoms with Gasteiger partial charge in [-0.3, -0.25) is 4.79 Å². The lowest BCUT2D eigenvalue weighted by atomic mass is 10.1. The quantitative estimate of drug-likeness (QED) is 0.606. The molecule has 0 aliphatic carbocycles. The average Bonchev–Trinajstić information content (AvgIpc) is 2.43. The van der Waals surface area contributed by atoms with Crippen molar-refractivity contribution in [3.8, 4) is 5.75 Å². The van der Waals surface area contributed by atoms with Crippen LogP contribution in [0.15, 0.2) is 35.9 Å². The number of ether oxygens (including phenoxy) is 1. The van der Waals surface area contributed by atoms with Gasteiger partial charge in [-0.15, -0.1) is 0 Å². The van der Waals surface area contributed by atoms with Crippen molar-refractivity contribution in [1.82, 2.24) is 0 Å². The normalized spacial score (nSPS) is 11.2. The fraction of sp³-hybridized carbons (Fsp3) is 0.333. The molecule has 0 amide bonds. The lowest BCUT2D eigenvalue weighted by Crippen LogP contribution is -2.03. The summed E-state index contributed by atoms with van der Waals surface area (Å²) in [7, 11) is 0. The summed E-state index contributed by atoms with van der Waals surface area (Å²) >= 11 is 0. The van der Waals surface area contributed by atoms with Gasteiger partial charge in [0.05, 0.1) is 0 Å². The highest BCUT2D eigenvalue weighted by atomic mass is 16.5. The monoisotopic (exact) mass is 262 g/mol. The molecule has 0 radical (unpaired) electrons. The minimum absolute atomic E-state index is 0.0885. The Hall–Kier alpha value is -2.10. The number of Topliss-reactive ketones (excluding diaryl/α,β-unsaturated/α-hetero) is 1. The maximum atomic E-state index is 11.4. The number of benzene rings is 1. The zero-order chi connectivity index (χ0) is 14.3. The molecule has 0 spiro atoms. The van der Waals surface area contributed by atoms with Crippen LogP contribution in [0.2, 0.25) is 0 Å². The Bertz CT molecular complexity index is 471. The Balaban J connectivity index is 2.59. The number of carbonyl (C=O) groups excluding carboxylic acids is 1. The summed E-state index contributed by atoms with van der Waals surface area (Å²) in [5.41, 5.74) is 0.989. The third kappa shape index (κ3) is 4.58. The molecule has 1 rings (SSSR count). The van der Waals surface area contributed by atoms with Gasteiger partial charge < -0.3 is 9.84 Å². The molecule has 0 heterocycles. The Morgan fingerprint density at radius 2 is 1.79 bits per heavy atom. The Morgan fingerprint density at radius 1 is 1.16 bits per heavy atom. The number of carboxylic acid groups (broad SMARTS) is 1. The summed E-state index contributed by atoms with van der Waals surface area (Å²) in [5, 5.41) is 8.83. The van der Waals surface area contributed by atoms with Crippen molar-refractivity contribution in [3.05, 3.63) is 41.5 Å². The second-order valence-electron chi connectivity index (χ2n) is 4.00. The molecule has 1 N–H and O–H groups in total. The van der Waals surface area contributed by atoms with E-state index in [0.717, 1.165) is 0 Å². The second-order valence-corrected chi connectivity index (χ2v) is 4.00. The summed E-state index contributed by atoms with van der Waals surface area (Å²) in [6, 6.07) is 6.85. The average molecular weight is 262 g/mol. The van der Waals surface area contributed by atoms with Gasteiger partial charge in [0, 0.05) is 17.6 Å². The van der Waals surface area contributed by atoms with E-state index >= 15 is 0 Å². The summed E-state index contributed by atoms with van der Waals surface area (Å²) in [4.78, 5) is 22.2. The largest absolute Gasteiger partial charge is 0.490 e. The first kappa shape index (κ1) is 15.0. The van der Waals surface area contributed by atoms with Gasteiger partial charge in [-0.25, -0.2) is 4.79 Å². The lowest BCUT2D eigenvalue weighted by molar-refractivity contribution is -0.132. The van der Waals surface area contributed by atoms with E-state index in [4.69, 9.17) is 9.84 Å². The van der Waals surface area contributed by atoms with Gasteiger partial charge in [-0.05, 0) is 36.8 Å². The highest BCUT2D eigenvalue weighted by molar-refractivity contribution is 5.95. The highest BCUT2D eigenvalue weighted by Crippen LogP contribution is 2.13. The number of rotatable bonds is 7. The van der Waals surface area contributed by atoms with E-state index in [9.17, 15) is 9.59 Å². The van der Waals surface area contributed by atoms with Crippen molar-refractivity contribution < 1.29 is 19.4 Å². The topological polar surface area (TPSA) is 63.6 Å². The summed E-state index contributed by atoms with van der Waals surface area (Å²) in [6.45, 7) is 3.80. The summed E-state index contributed by atoms with van der Waals surface area (Å²) in [5.74, 6) is -0.217. The molecular formula is C15H18O4. The maximum Gasteiger partial charge on any atom is 0.331 e. The molecule has 0 atom stereocenters. The predicted octanol–water partition coefficient (Wildman–Crippen LogP) is 3.08. The van der Waals surface area contributed by atoms with Crippen LogP contribution in [0.3, 0.4) is 0 Å². The molecular weight excluding hydrogens is 244 g/mol. The fourth-order valence-electron chi connectivity index (χ4n) is 1.56. The van der Waals surface area contributed by atoms with Crippen molar-refractivity contribution in [1.29, 1.82) is 0 Å². The zero-order valence-electron chi connectivity index (χ0n) is 11.2. The molecule has 0 aliphatic heterocycles. The minimum Gasteiger partial charge on any atom is -0.490 e. The number of hydrogen-bond acceptors (Lipinski definition) is 3. The molecule has 0 saturated heterocycles. The standard InChI is InChI=1S/C15H18O4/c1-3-11(15(17)18)9-10-19-13-7-5-12(6-8-13)14(16)4-2/h5-9H,3-4,10H2,1-2H3,(H,17,18). The first-order valence-electron chi connectivity index (χ1n) is 6.26. The Labute approximate surface area is 112 Å². The van der Waals surface area contributed by atoms with Crippen LogP contribution >= 0.6 is 0 Å². The Kier molecular flexibility index (Phi) is 5.79. The van der Waals surface area contributed by atoms with E-state index in [1.807, 2.05) is 6.92 Å². The predicted molar refractivity (Wildman–Crippen MR) is 72.6 cm³/mol. The van der Waals surface area contributed by atoms with E-state index in [1.165, 1.54) is 0 Å². The molecule has 0 bridgehead atoms. The van der Waals surface area contributed by atoms with Crippen molar-refractivity contribution in [2.75, 3.05) is 6.61 Å². The van der Waals surface area contributed by atoms with Crippen LogP contribution in [0.1, 0.15) is 37.0 Å². The smallest absolute Gasteiger partial charge is 0.331 e. The van der Waals surface area contributed by atoms with Crippen molar-refractivity contribution >= 4 is 11.8 Å². The number of carboxylic acids is 1. The van der Waals surface area contributed by atoms with E-state index in [2.05, 4.69) is 0 Å². The lowest BCUT2D eigenvalue weighted by Gasteiger charge is -2.05. The zero-order valence-corrected chi connectivity index (χ0v) is 11.2. The molecule has 4 nitrogen and oxygen atoms in total. The SMILES string of the molecule is CCC(=O)c1ccc(OCC=C(CC)C(=O)O)cc1. The molecule has 1 aromatic carbocycles. The van der Waals surface area contributed by atoms with Crippen LogP contribution in [0.25, 0.3) is 0 Å². The van der Waals surface area contributed by atoms with Gasteiger partial charge in [0.15, 0.2) is 5.78 Å². The van der Waals surface area contributed by atoms with Gasteiger partial charge in [-0.2, -0.15) is 0 Å². The number of carbonyl (C=O) groups is 2. The first-order chi connectivity index (χ1) is 9.08. The van der Waals surface area contributed by atoms with Gasteiger partial charge in [0.2, 0.25) is 0 Å². The van der Waals surface area contributed by atoms with E-state index in [1.54, 1.807) is 37.3 Å². The van der Waals surface area contributed by atoms with Crippen molar-refractivity contribution in [2.24, 2.45) is 0 Å². The fourth-order valence-corrected chi connectivity index (χ4v) is 1.56. The summed E-state index contributed by atoms with van der Waals surface area (Å²) < 4.78 is 5.41. The van der Waals surface area contributed by atoms with Crippen molar-refractivity contribution in [2.45, 2.75) is 26.7 Å². The number of ketones is 1. The molecule has 0 unspecified atom stereocenters. The molecule has 19 heavy (non-hydrogen) atoms. The summed E-state index contributed by atoms with van der Waals surface area (Å²) in [6.07, 6.45) is 2.48. The second kappa shape index (κ2) is 7.36. The van der Waals surface area contributed by atoms with Crippen molar-refractivity contribution in [3.63, 3.8) is 0 Å². The number of aliphatic carboxylic acids is 1. The van der Waals surface area contributed by atoms with Crippen LogP contribution in [-0.2, 0) is 4.79 Å². The molecule has 4 heteroatoms. The maximum absolute atomic E-state index is 11.4. The van der Waals surface area contributed by atoms with Crippen LogP contribution in [-0.4, -0.2) is 23.5 Å². The van der Waals surface area contributed by atoms with E-state index < -0.39 is 5.97 Å². The van der Waals surface area contributed by atoms with Crippen LogP contribution in [0.4, 0.5) is 0 Å². The first-order valence-corrected chi connectivity index (χ1v) is 6.26. The van der Waals surface area contributed by atoms with Gasteiger partial charge in [0.1, 0.15) is 12.4 Å². The highest BCUT2D eigenvalue weighted by Gasteiger charge is 2.04. The molecule has 102 valence electrons. The molecule has 0 fully saturated rings. The van der Waals surface area contributed by atoms with Gasteiger partial charge in [0.25, 0.3) is 0 Å². The van der Waals surface area contributed by atoms with Crippen LogP contribution < -0.4 is 4.74 Å². The number of hydrogen-bond donors (Lipinski definition) is 1. The van der Waals surface area contributed by atoms with Gasteiger partial charge in [-0.1, -0.05) is 13.8 Å². The van der Waals surface area contributed by atoms with E-state index in [-0.39, 0.29) is 12.4 Å². The molecule has 0 saturated carbocycles. The van der Waals surface area contributed by atoms with Crippen LogP contribution in [0.5, 0.6) is 5.75 Å². The van der Waals surface area contributed by atoms with E-state index in [0.29, 0.717) is 29.7 Å². The third-order valence-electron chi connectivity index (χ3n) is 2.73. The minimum atomic E-state index is -0.921.